The van der Waals surface area contributed by atoms with Crippen molar-refractivity contribution in [2.45, 2.75) is 45.1 Å². The van der Waals surface area contributed by atoms with Crippen molar-refractivity contribution >= 4 is 5.91 Å². The second kappa shape index (κ2) is 6.53. The molecule has 0 aromatic carbocycles. The molecule has 18 heavy (non-hydrogen) atoms. The first-order chi connectivity index (χ1) is 8.72. The molecule has 4 heteroatoms. The summed E-state index contributed by atoms with van der Waals surface area (Å²) in [5.74, 6) is 0.482. The molecule has 0 saturated carbocycles. The van der Waals surface area contributed by atoms with Gasteiger partial charge >= 0.3 is 0 Å². The van der Waals surface area contributed by atoms with Crippen molar-refractivity contribution in [3.63, 3.8) is 0 Å². The molecule has 2 rings (SSSR count). The Bertz CT molecular complexity index is 276. The molecule has 2 heterocycles. The van der Waals surface area contributed by atoms with Gasteiger partial charge in [0.1, 0.15) is 0 Å². The number of nitrogens with zero attached hydrogens (tertiary/aromatic N) is 2. The number of rotatable bonds is 5. The number of likely N-dealkylation sites (tertiary alicyclic amines) is 2. The van der Waals surface area contributed by atoms with Gasteiger partial charge in [0.15, 0.2) is 0 Å². The highest BCUT2D eigenvalue weighted by Gasteiger charge is 2.32. The monoisotopic (exact) mass is 253 g/mol. The van der Waals surface area contributed by atoms with Crippen LogP contribution in [-0.2, 0) is 4.79 Å². The van der Waals surface area contributed by atoms with E-state index in [9.17, 15) is 4.79 Å². The SMILES string of the molecule is CC(CCCN)C(=O)N1CCC(N2CCCC2)C1. The van der Waals surface area contributed by atoms with Crippen molar-refractivity contribution in [1.82, 2.24) is 9.80 Å². The van der Waals surface area contributed by atoms with E-state index in [1.165, 1.54) is 25.9 Å². The summed E-state index contributed by atoms with van der Waals surface area (Å²) in [5, 5.41) is 0. The number of carbonyl (C=O) groups excluding carboxylic acids is 1. The molecule has 2 fully saturated rings. The summed E-state index contributed by atoms with van der Waals surface area (Å²) in [6, 6.07) is 0.623. The zero-order chi connectivity index (χ0) is 13.0. The van der Waals surface area contributed by atoms with Gasteiger partial charge in [-0.3, -0.25) is 9.69 Å². The second-order valence-corrected chi connectivity index (χ2v) is 5.80. The van der Waals surface area contributed by atoms with Crippen LogP contribution >= 0.6 is 0 Å². The molecule has 2 unspecified atom stereocenters. The molecule has 104 valence electrons. The molecule has 0 radical (unpaired) electrons. The van der Waals surface area contributed by atoms with Crippen LogP contribution < -0.4 is 5.73 Å². The van der Waals surface area contributed by atoms with E-state index in [2.05, 4.69) is 9.80 Å². The number of hydrogen-bond acceptors (Lipinski definition) is 3. The van der Waals surface area contributed by atoms with Crippen LogP contribution in [0.25, 0.3) is 0 Å². The lowest BCUT2D eigenvalue weighted by molar-refractivity contribution is -0.134. The predicted octanol–water partition coefficient (Wildman–Crippen LogP) is 1.06. The van der Waals surface area contributed by atoms with Crippen LogP contribution in [0.3, 0.4) is 0 Å². The molecule has 0 aromatic heterocycles. The lowest BCUT2D eigenvalue weighted by Crippen LogP contribution is -2.38. The van der Waals surface area contributed by atoms with Gasteiger partial charge in [-0.2, -0.15) is 0 Å². The van der Waals surface area contributed by atoms with E-state index in [1.54, 1.807) is 0 Å². The van der Waals surface area contributed by atoms with E-state index in [4.69, 9.17) is 5.73 Å². The Morgan fingerprint density at radius 1 is 1.33 bits per heavy atom. The summed E-state index contributed by atoms with van der Waals surface area (Å²) in [5.41, 5.74) is 5.50. The predicted molar refractivity (Wildman–Crippen MR) is 73.2 cm³/mol. The fourth-order valence-corrected chi connectivity index (χ4v) is 3.21. The van der Waals surface area contributed by atoms with Crippen LogP contribution in [0.15, 0.2) is 0 Å². The largest absolute Gasteiger partial charge is 0.341 e. The van der Waals surface area contributed by atoms with Gasteiger partial charge in [-0.1, -0.05) is 6.92 Å². The first-order valence-electron chi connectivity index (χ1n) is 7.45. The Balaban J connectivity index is 1.78. The number of carbonyl (C=O) groups is 1. The normalized spacial score (nSPS) is 26.8. The highest BCUT2D eigenvalue weighted by molar-refractivity contribution is 5.78. The van der Waals surface area contributed by atoms with E-state index < -0.39 is 0 Å². The van der Waals surface area contributed by atoms with Gasteiger partial charge in [-0.25, -0.2) is 0 Å². The van der Waals surface area contributed by atoms with Gasteiger partial charge in [0.05, 0.1) is 0 Å². The summed E-state index contributed by atoms with van der Waals surface area (Å²) in [6.45, 7) is 7.10. The molecular weight excluding hydrogens is 226 g/mol. The van der Waals surface area contributed by atoms with E-state index in [0.717, 1.165) is 32.4 Å². The Hall–Kier alpha value is -0.610. The van der Waals surface area contributed by atoms with E-state index in [0.29, 0.717) is 18.5 Å². The molecular formula is C14H27N3O. The molecule has 2 N–H and O–H groups in total. The molecule has 4 nitrogen and oxygen atoms in total. The average Bonchev–Trinajstić information content (AvgIpc) is 3.04. The minimum absolute atomic E-state index is 0.144. The van der Waals surface area contributed by atoms with E-state index in [-0.39, 0.29) is 5.92 Å². The van der Waals surface area contributed by atoms with Crippen molar-refractivity contribution in [2.24, 2.45) is 11.7 Å². The van der Waals surface area contributed by atoms with Crippen LogP contribution in [0.1, 0.15) is 39.0 Å². The van der Waals surface area contributed by atoms with Gasteiger partial charge in [0, 0.05) is 25.0 Å². The van der Waals surface area contributed by atoms with Crippen molar-refractivity contribution in [3.8, 4) is 0 Å². The molecule has 0 aliphatic carbocycles. The maximum atomic E-state index is 12.3. The third-order valence-corrected chi connectivity index (χ3v) is 4.39. The maximum Gasteiger partial charge on any atom is 0.225 e. The molecule has 0 bridgehead atoms. The van der Waals surface area contributed by atoms with Crippen LogP contribution in [0.4, 0.5) is 0 Å². The fraction of sp³-hybridized carbons (Fsp3) is 0.929. The number of hydrogen-bond donors (Lipinski definition) is 1. The molecule has 2 aliphatic rings. The quantitative estimate of drug-likeness (QED) is 0.797. The minimum Gasteiger partial charge on any atom is -0.341 e. The Morgan fingerprint density at radius 3 is 2.72 bits per heavy atom. The molecule has 2 atom stereocenters. The zero-order valence-electron chi connectivity index (χ0n) is 11.6. The van der Waals surface area contributed by atoms with Crippen molar-refractivity contribution < 1.29 is 4.79 Å². The summed E-state index contributed by atoms with van der Waals surface area (Å²) in [4.78, 5) is 16.9. The topological polar surface area (TPSA) is 49.6 Å². The summed E-state index contributed by atoms with van der Waals surface area (Å²) >= 11 is 0. The van der Waals surface area contributed by atoms with E-state index in [1.807, 2.05) is 6.92 Å². The molecule has 1 amide bonds. The summed E-state index contributed by atoms with van der Waals surface area (Å²) in [7, 11) is 0. The van der Waals surface area contributed by atoms with E-state index >= 15 is 0 Å². The number of nitrogens with two attached hydrogens (primary N) is 1. The lowest BCUT2D eigenvalue weighted by atomic mass is 10.0. The second-order valence-electron chi connectivity index (χ2n) is 5.80. The van der Waals surface area contributed by atoms with Crippen LogP contribution in [0.5, 0.6) is 0 Å². The maximum absolute atomic E-state index is 12.3. The smallest absolute Gasteiger partial charge is 0.225 e. The Morgan fingerprint density at radius 2 is 2.06 bits per heavy atom. The summed E-state index contributed by atoms with van der Waals surface area (Å²) < 4.78 is 0. The zero-order valence-corrected chi connectivity index (χ0v) is 11.6. The Kier molecular flexibility index (Phi) is 5.01. The number of amides is 1. The third kappa shape index (κ3) is 3.23. The molecule has 0 spiro atoms. The molecule has 0 aromatic rings. The van der Waals surface area contributed by atoms with Gasteiger partial charge in [0.2, 0.25) is 5.91 Å². The van der Waals surface area contributed by atoms with Gasteiger partial charge in [-0.15, -0.1) is 0 Å². The molecule has 2 aliphatic heterocycles. The first-order valence-corrected chi connectivity index (χ1v) is 7.45. The standard InChI is InChI=1S/C14H27N3O/c1-12(5-4-7-15)14(18)17-10-6-13(11-17)16-8-2-3-9-16/h12-13H,2-11,15H2,1H3. The average molecular weight is 253 g/mol. The first kappa shape index (κ1) is 13.8. The third-order valence-electron chi connectivity index (χ3n) is 4.39. The molecule has 2 saturated heterocycles. The lowest BCUT2D eigenvalue weighted by Gasteiger charge is -2.25. The van der Waals surface area contributed by atoms with Gasteiger partial charge in [-0.05, 0) is 51.7 Å². The van der Waals surface area contributed by atoms with Crippen LogP contribution in [-0.4, -0.2) is 54.5 Å². The highest BCUT2D eigenvalue weighted by Crippen LogP contribution is 2.22. The minimum atomic E-state index is 0.144. The fourth-order valence-electron chi connectivity index (χ4n) is 3.21. The van der Waals surface area contributed by atoms with Crippen molar-refractivity contribution in [1.29, 1.82) is 0 Å². The van der Waals surface area contributed by atoms with Crippen molar-refractivity contribution in [2.75, 3.05) is 32.7 Å². The van der Waals surface area contributed by atoms with Crippen LogP contribution in [0.2, 0.25) is 0 Å². The van der Waals surface area contributed by atoms with Crippen LogP contribution in [0, 0.1) is 5.92 Å². The highest BCUT2D eigenvalue weighted by atomic mass is 16.2. The van der Waals surface area contributed by atoms with Gasteiger partial charge in [0.25, 0.3) is 0 Å². The van der Waals surface area contributed by atoms with Crippen molar-refractivity contribution in [3.05, 3.63) is 0 Å². The Labute approximate surface area is 110 Å². The summed E-state index contributed by atoms with van der Waals surface area (Å²) in [6.07, 6.45) is 5.71. The van der Waals surface area contributed by atoms with Gasteiger partial charge < -0.3 is 10.6 Å².